The van der Waals surface area contributed by atoms with Gasteiger partial charge in [-0.2, -0.15) is 0 Å². The molecule has 0 unspecified atom stereocenters. The van der Waals surface area contributed by atoms with Gasteiger partial charge < -0.3 is 19.8 Å². The van der Waals surface area contributed by atoms with Gasteiger partial charge in [0.25, 0.3) is 5.69 Å². The summed E-state index contributed by atoms with van der Waals surface area (Å²) in [5.74, 6) is -2.72. The van der Waals surface area contributed by atoms with Crippen LogP contribution < -0.4 is 10.2 Å². The number of carbonyl (C=O) groups excluding carboxylic acids is 2. The summed E-state index contributed by atoms with van der Waals surface area (Å²) in [4.78, 5) is 30.4. The number of carbonyl (C=O) groups is 2. The number of nitro benzene ring substituents is 1. The van der Waals surface area contributed by atoms with E-state index in [-0.39, 0.29) is 48.9 Å². The second-order valence-corrected chi connectivity index (χ2v) is 4.29. The molecule has 2 aromatic rings. The Morgan fingerprint density at radius 3 is 2.04 bits per heavy atom. The Morgan fingerprint density at radius 1 is 1.09 bits per heavy atom. The number of carboxylic acid groups (broad SMARTS) is 2. The van der Waals surface area contributed by atoms with Crippen molar-refractivity contribution in [3.8, 4) is 0 Å². The summed E-state index contributed by atoms with van der Waals surface area (Å²) in [6.07, 6.45) is 0. The molecule has 23 heavy (non-hydrogen) atoms. The Kier molecular flexibility index (Phi) is 8.45. The largest absolute Gasteiger partial charge is 2.00 e. The Balaban J connectivity index is 0.000000599. The molecule has 0 bridgehead atoms. The first-order chi connectivity index (χ1) is 10.3. The van der Waals surface area contributed by atoms with Crippen molar-refractivity contribution >= 4 is 66.1 Å². The van der Waals surface area contributed by atoms with E-state index in [4.69, 9.17) is 0 Å². The molecular formula is C15H11CaNO6. The number of carboxylic acids is 2. The van der Waals surface area contributed by atoms with E-state index in [1.54, 1.807) is 18.2 Å². The van der Waals surface area contributed by atoms with Crippen LogP contribution in [-0.4, -0.2) is 54.6 Å². The molecule has 0 aliphatic heterocycles. The van der Waals surface area contributed by atoms with Crippen LogP contribution >= 0.6 is 0 Å². The van der Waals surface area contributed by atoms with Crippen LogP contribution in [0.1, 0.15) is 17.3 Å². The number of benzene rings is 2. The van der Waals surface area contributed by atoms with Crippen LogP contribution in [-0.2, 0) is 4.79 Å². The molecule has 0 heterocycles. The molecule has 0 aliphatic rings. The van der Waals surface area contributed by atoms with E-state index in [1.807, 2.05) is 0 Å². The van der Waals surface area contributed by atoms with Crippen LogP contribution in [0.2, 0.25) is 0 Å². The molecule has 0 radical (unpaired) electrons. The fraction of sp³-hybridized carbons (Fsp3) is 0.0667. The summed E-state index contributed by atoms with van der Waals surface area (Å²) in [6.45, 7) is 4.48. The molecule has 0 saturated carbocycles. The zero-order chi connectivity index (χ0) is 16.9. The molecule has 0 spiro atoms. The molecule has 0 N–H and O–H groups in total. The van der Waals surface area contributed by atoms with E-state index in [0.29, 0.717) is 10.8 Å². The number of nitro groups is 1. The van der Waals surface area contributed by atoms with Crippen molar-refractivity contribution in [2.45, 2.75) is 6.92 Å². The van der Waals surface area contributed by atoms with Gasteiger partial charge in [0.2, 0.25) is 0 Å². The van der Waals surface area contributed by atoms with Gasteiger partial charge in [-0.1, -0.05) is 30.8 Å². The molecule has 2 rings (SSSR count). The molecule has 0 aromatic heterocycles. The van der Waals surface area contributed by atoms with E-state index in [9.17, 15) is 29.9 Å². The van der Waals surface area contributed by atoms with E-state index in [2.05, 4.69) is 6.58 Å². The molecule has 0 atom stereocenters. The summed E-state index contributed by atoms with van der Waals surface area (Å²) in [5, 5.41) is 32.0. The summed E-state index contributed by atoms with van der Waals surface area (Å²) in [7, 11) is 0. The van der Waals surface area contributed by atoms with Crippen LogP contribution in [0, 0.1) is 10.1 Å². The predicted octanol–water partition coefficient (Wildman–Crippen LogP) is 0.0431. The zero-order valence-electron chi connectivity index (χ0n) is 12.3. The van der Waals surface area contributed by atoms with E-state index in [0.717, 1.165) is 0 Å². The standard InChI is InChI=1S/C11H7NO4.C4H6O2.Ca/c13-11(14)10-8-4-2-1-3-7(8)5-6-9(10)12(15)16;1-3(2)4(5)6;/h1-6H,(H,13,14);1H2,2H3,(H,5,6);/q;;+2/p-2. The van der Waals surface area contributed by atoms with Crippen molar-refractivity contribution in [1.82, 2.24) is 0 Å². The summed E-state index contributed by atoms with van der Waals surface area (Å²) >= 11 is 0. The zero-order valence-corrected chi connectivity index (χ0v) is 14.5. The van der Waals surface area contributed by atoms with Gasteiger partial charge in [0, 0.05) is 6.07 Å². The molecule has 0 fully saturated rings. The third-order valence-electron chi connectivity index (χ3n) is 2.66. The first-order valence-corrected chi connectivity index (χ1v) is 6.00. The molecule has 7 nitrogen and oxygen atoms in total. The van der Waals surface area contributed by atoms with Crippen LogP contribution in [0.25, 0.3) is 10.8 Å². The minimum atomic E-state index is -1.54. The number of hydrogen-bond donors (Lipinski definition) is 0. The Morgan fingerprint density at radius 2 is 1.61 bits per heavy atom. The van der Waals surface area contributed by atoms with Crippen LogP contribution in [0.4, 0.5) is 5.69 Å². The van der Waals surface area contributed by atoms with Gasteiger partial charge in [0.1, 0.15) is 0 Å². The second-order valence-electron chi connectivity index (χ2n) is 4.29. The number of fused-ring (bicyclic) bond motifs is 1. The average Bonchev–Trinajstić information content (AvgIpc) is 2.46. The number of hydrogen-bond acceptors (Lipinski definition) is 6. The molecule has 114 valence electrons. The van der Waals surface area contributed by atoms with Crippen molar-refractivity contribution in [2.75, 3.05) is 0 Å². The number of rotatable bonds is 3. The van der Waals surface area contributed by atoms with Crippen LogP contribution in [0.15, 0.2) is 48.6 Å². The minimum absolute atomic E-state index is 0. The van der Waals surface area contributed by atoms with Crippen LogP contribution in [0.5, 0.6) is 0 Å². The maximum atomic E-state index is 10.9. The maximum Gasteiger partial charge on any atom is 2.00 e. The van der Waals surface area contributed by atoms with E-state index >= 15 is 0 Å². The van der Waals surface area contributed by atoms with Gasteiger partial charge in [-0.25, -0.2) is 0 Å². The van der Waals surface area contributed by atoms with Gasteiger partial charge in [-0.05, 0) is 29.3 Å². The maximum absolute atomic E-state index is 10.9. The summed E-state index contributed by atoms with van der Waals surface area (Å²) in [6, 6.07) is 9.25. The van der Waals surface area contributed by atoms with Gasteiger partial charge >= 0.3 is 37.7 Å². The smallest absolute Gasteiger partial charge is 0.545 e. The Hall–Kier alpha value is -1.96. The topological polar surface area (TPSA) is 123 Å². The first kappa shape index (κ1) is 21.0. The van der Waals surface area contributed by atoms with Gasteiger partial charge in [0.15, 0.2) is 0 Å². The van der Waals surface area contributed by atoms with Gasteiger partial charge in [0.05, 0.1) is 22.4 Å². The number of aliphatic carboxylic acids is 1. The van der Waals surface area contributed by atoms with Gasteiger partial charge in [-0.3, -0.25) is 10.1 Å². The number of nitrogens with zero attached hydrogens (tertiary/aromatic N) is 1. The molecule has 2 aromatic carbocycles. The third kappa shape index (κ3) is 5.63. The van der Waals surface area contributed by atoms with Gasteiger partial charge in [-0.15, -0.1) is 0 Å². The monoisotopic (exact) mass is 341 g/mol. The first-order valence-electron chi connectivity index (χ1n) is 6.00. The molecule has 0 amide bonds. The minimum Gasteiger partial charge on any atom is -0.545 e. The third-order valence-corrected chi connectivity index (χ3v) is 2.66. The van der Waals surface area contributed by atoms with Crippen molar-refractivity contribution in [2.24, 2.45) is 0 Å². The average molecular weight is 341 g/mol. The van der Waals surface area contributed by atoms with E-state index < -0.39 is 22.5 Å². The SMILES string of the molecule is C=C(C)C(=O)[O-].O=C([O-])c1c([N+](=O)[O-])ccc2ccccc12.[Ca+2]. The number of aromatic carboxylic acids is 1. The molecule has 8 heteroatoms. The summed E-state index contributed by atoms with van der Waals surface area (Å²) < 4.78 is 0. The normalized spacial score (nSPS) is 9.09. The van der Waals surface area contributed by atoms with Crippen molar-refractivity contribution in [3.05, 3.63) is 64.2 Å². The molecular weight excluding hydrogens is 330 g/mol. The van der Waals surface area contributed by atoms with Crippen molar-refractivity contribution in [3.63, 3.8) is 0 Å². The molecule has 0 saturated heterocycles. The van der Waals surface area contributed by atoms with Crippen molar-refractivity contribution in [1.29, 1.82) is 0 Å². The van der Waals surface area contributed by atoms with E-state index in [1.165, 1.54) is 25.1 Å². The molecule has 0 aliphatic carbocycles. The second kappa shape index (κ2) is 9.24. The Bertz CT molecular complexity index is 760. The van der Waals surface area contributed by atoms with Crippen LogP contribution in [0.3, 0.4) is 0 Å². The fourth-order valence-corrected chi connectivity index (χ4v) is 1.63. The predicted molar refractivity (Wildman–Crippen MR) is 80.5 cm³/mol. The summed E-state index contributed by atoms with van der Waals surface area (Å²) in [5.41, 5.74) is -0.753. The Labute approximate surface area is 161 Å². The van der Waals surface area contributed by atoms with Crippen molar-refractivity contribution < 1.29 is 24.7 Å². The fourth-order valence-electron chi connectivity index (χ4n) is 1.63. The quantitative estimate of drug-likeness (QED) is 0.336.